The van der Waals surface area contributed by atoms with Crippen molar-refractivity contribution in [2.24, 2.45) is 10.9 Å². The molecule has 2 aliphatic rings. The average Bonchev–Trinajstić information content (AvgIpc) is 2.78. The molecule has 2 heterocycles. The predicted octanol–water partition coefficient (Wildman–Crippen LogP) is 2.70. The number of likely N-dealkylation sites (tertiary alicyclic amines) is 1. The van der Waals surface area contributed by atoms with Crippen molar-refractivity contribution in [3.63, 3.8) is 0 Å². The Kier molecular flexibility index (Phi) is 9.93. The van der Waals surface area contributed by atoms with Crippen molar-refractivity contribution >= 4 is 5.96 Å². The lowest BCUT2D eigenvalue weighted by Crippen LogP contribution is -2.38. The summed E-state index contributed by atoms with van der Waals surface area (Å²) in [7, 11) is 1.85. The first-order chi connectivity index (χ1) is 14.7. The van der Waals surface area contributed by atoms with Crippen molar-refractivity contribution in [1.82, 2.24) is 20.4 Å². The highest BCUT2D eigenvalue weighted by Crippen LogP contribution is 2.16. The fraction of sp³-hybridized carbons (Fsp3) is 0.708. The maximum absolute atomic E-state index is 5.47. The summed E-state index contributed by atoms with van der Waals surface area (Å²) in [6, 6.07) is 8.71. The molecule has 0 bridgehead atoms. The largest absolute Gasteiger partial charge is 0.379 e. The minimum atomic E-state index is 0.798. The molecule has 6 nitrogen and oxygen atoms in total. The Morgan fingerprint density at radius 2 is 1.73 bits per heavy atom. The van der Waals surface area contributed by atoms with E-state index < -0.39 is 0 Å². The van der Waals surface area contributed by atoms with Crippen molar-refractivity contribution in [1.29, 1.82) is 0 Å². The van der Waals surface area contributed by atoms with E-state index in [9.17, 15) is 0 Å². The van der Waals surface area contributed by atoms with E-state index in [4.69, 9.17) is 4.74 Å². The van der Waals surface area contributed by atoms with Crippen LogP contribution in [-0.4, -0.2) is 75.3 Å². The molecular weight excluding hydrogens is 374 g/mol. The SMILES string of the molecule is CN=C(NCCCCN1CCC(C)CC1)NCc1ccccc1CN1CCOCC1. The van der Waals surface area contributed by atoms with Gasteiger partial charge in [-0.25, -0.2) is 0 Å². The summed E-state index contributed by atoms with van der Waals surface area (Å²) in [6.45, 7) is 12.6. The molecule has 6 heteroatoms. The molecule has 1 aromatic rings. The van der Waals surface area contributed by atoms with E-state index >= 15 is 0 Å². The maximum Gasteiger partial charge on any atom is 0.191 e. The zero-order valence-electron chi connectivity index (χ0n) is 19.0. The van der Waals surface area contributed by atoms with Crippen molar-refractivity contribution in [3.8, 4) is 0 Å². The summed E-state index contributed by atoms with van der Waals surface area (Å²) < 4.78 is 5.47. The van der Waals surface area contributed by atoms with Gasteiger partial charge >= 0.3 is 0 Å². The number of benzene rings is 1. The molecule has 3 rings (SSSR count). The smallest absolute Gasteiger partial charge is 0.191 e. The van der Waals surface area contributed by atoms with E-state index in [2.05, 4.69) is 56.6 Å². The lowest BCUT2D eigenvalue weighted by molar-refractivity contribution is 0.0341. The van der Waals surface area contributed by atoms with Gasteiger partial charge in [-0.3, -0.25) is 9.89 Å². The third kappa shape index (κ3) is 7.89. The van der Waals surface area contributed by atoms with Crippen molar-refractivity contribution in [2.45, 2.75) is 45.7 Å². The maximum atomic E-state index is 5.47. The van der Waals surface area contributed by atoms with Gasteiger partial charge in [-0.15, -0.1) is 0 Å². The van der Waals surface area contributed by atoms with Crippen LogP contribution in [0.2, 0.25) is 0 Å². The number of guanidine groups is 1. The first kappa shape index (κ1) is 23.0. The van der Waals surface area contributed by atoms with Gasteiger partial charge < -0.3 is 20.3 Å². The number of rotatable bonds is 9. The van der Waals surface area contributed by atoms with E-state index in [-0.39, 0.29) is 0 Å². The van der Waals surface area contributed by atoms with Crippen LogP contribution in [0.4, 0.5) is 0 Å². The molecule has 168 valence electrons. The van der Waals surface area contributed by atoms with Crippen molar-refractivity contribution in [3.05, 3.63) is 35.4 Å². The molecule has 0 unspecified atom stereocenters. The quantitative estimate of drug-likeness (QED) is 0.369. The molecule has 2 N–H and O–H groups in total. The Labute approximate surface area is 183 Å². The number of hydrogen-bond donors (Lipinski definition) is 2. The molecule has 0 saturated carbocycles. The molecule has 0 radical (unpaired) electrons. The van der Waals surface area contributed by atoms with Gasteiger partial charge in [-0.1, -0.05) is 31.2 Å². The fourth-order valence-corrected chi connectivity index (χ4v) is 4.24. The van der Waals surface area contributed by atoms with Crippen LogP contribution >= 0.6 is 0 Å². The number of unbranched alkanes of at least 4 members (excludes halogenated alkanes) is 1. The van der Waals surface area contributed by atoms with Crippen LogP contribution in [0.1, 0.15) is 43.7 Å². The highest BCUT2D eigenvalue weighted by atomic mass is 16.5. The average molecular weight is 416 g/mol. The van der Waals surface area contributed by atoms with Crippen LogP contribution in [-0.2, 0) is 17.8 Å². The Balaban J connectivity index is 1.35. The van der Waals surface area contributed by atoms with Crippen molar-refractivity contribution < 1.29 is 4.74 Å². The fourth-order valence-electron chi connectivity index (χ4n) is 4.24. The van der Waals surface area contributed by atoms with Crippen LogP contribution in [0.15, 0.2) is 29.3 Å². The molecule has 2 saturated heterocycles. The van der Waals surface area contributed by atoms with E-state index in [0.29, 0.717) is 0 Å². The molecule has 0 aliphatic carbocycles. The molecule has 0 spiro atoms. The van der Waals surface area contributed by atoms with Gasteiger partial charge in [0, 0.05) is 39.8 Å². The highest BCUT2D eigenvalue weighted by molar-refractivity contribution is 5.79. The zero-order valence-corrected chi connectivity index (χ0v) is 19.0. The van der Waals surface area contributed by atoms with Gasteiger partial charge in [0.25, 0.3) is 0 Å². The lowest BCUT2D eigenvalue weighted by Gasteiger charge is -2.30. The molecule has 2 fully saturated rings. The number of morpholine rings is 1. The predicted molar refractivity (Wildman–Crippen MR) is 125 cm³/mol. The van der Waals surface area contributed by atoms with Gasteiger partial charge in [-0.05, 0) is 62.4 Å². The minimum Gasteiger partial charge on any atom is -0.379 e. The number of nitrogens with one attached hydrogen (secondary N) is 2. The monoisotopic (exact) mass is 415 g/mol. The van der Waals surface area contributed by atoms with Gasteiger partial charge in [0.1, 0.15) is 0 Å². The first-order valence-electron chi connectivity index (χ1n) is 11.8. The molecule has 30 heavy (non-hydrogen) atoms. The third-order valence-corrected chi connectivity index (χ3v) is 6.36. The Bertz CT molecular complexity index is 636. The van der Waals surface area contributed by atoms with Crippen LogP contribution in [0, 0.1) is 5.92 Å². The topological polar surface area (TPSA) is 52.1 Å². The summed E-state index contributed by atoms with van der Waals surface area (Å²) in [5, 5.41) is 6.97. The third-order valence-electron chi connectivity index (χ3n) is 6.36. The standard InChI is InChI=1S/C24H41N5O/c1-21-9-13-28(14-10-21)12-6-5-11-26-24(25-2)27-19-22-7-3-4-8-23(22)20-29-15-17-30-18-16-29/h3-4,7-8,21H,5-6,9-20H2,1-2H3,(H2,25,26,27). The van der Waals surface area contributed by atoms with Crippen molar-refractivity contribution in [2.75, 3.05) is 59.5 Å². The zero-order chi connectivity index (χ0) is 21.0. The number of ether oxygens (including phenoxy) is 1. The summed E-state index contributed by atoms with van der Waals surface area (Å²) in [5.74, 6) is 1.80. The normalized spacial score (nSPS) is 19.7. The lowest BCUT2D eigenvalue weighted by atomic mass is 9.99. The number of piperidine rings is 1. The summed E-state index contributed by atoms with van der Waals surface area (Å²) >= 11 is 0. The number of aliphatic imine (C=N–C) groups is 1. The molecule has 1 aromatic carbocycles. The Hall–Kier alpha value is -1.63. The second-order valence-corrected chi connectivity index (χ2v) is 8.74. The van der Waals surface area contributed by atoms with Gasteiger partial charge in [-0.2, -0.15) is 0 Å². The van der Waals surface area contributed by atoms with E-state index in [1.807, 2.05) is 7.05 Å². The van der Waals surface area contributed by atoms with Crippen LogP contribution < -0.4 is 10.6 Å². The second-order valence-electron chi connectivity index (χ2n) is 8.74. The van der Waals surface area contributed by atoms with E-state index in [1.54, 1.807) is 0 Å². The van der Waals surface area contributed by atoms with Gasteiger partial charge in [0.05, 0.1) is 13.2 Å². The number of nitrogens with zero attached hydrogens (tertiary/aromatic N) is 3. The second kappa shape index (κ2) is 12.9. The Morgan fingerprint density at radius 1 is 1.00 bits per heavy atom. The first-order valence-corrected chi connectivity index (χ1v) is 11.8. The minimum absolute atomic E-state index is 0.798. The highest BCUT2D eigenvalue weighted by Gasteiger charge is 2.15. The van der Waals surface area contributed by atoms with E-state index in [0.717, 1.165) is 57.8 Å². The summed E-state index contributed by atoms with van der Waals surface area (Å²) in [5.41, 5.74) is 2.73. The Morgan fingerprint density at radius 3 is 2.47 bits per heavy atom. The van der Waals surface area contributed by atoms with Crippen LogP contribution in [0.25, 0.3) is 0 Å². The summed E-state index contributed by atoms with van der Waals surface area (Å²) in [4.78, 5) is 9.50. The summed E-state index contributed by atoms with van der Waals surface area (Å²) in [6.07, 6.45) is 5.16. The van der Waals surface area contributed by atoms with E-state index in [1.165, 1.54) is 56.4 Å². The van der Waals surface area contributed by atoms with Crippen LogP contribution in [0.5, 0.6) is 0 Å². The molecule has 0 amide bonds. The molecule has 0 aromatic heterocycles. The van der Waals surface area contributed by atoms with Gasteiger partial charge in [0.2, 0.25) is 0 Å². The molecule has 2 aliphatic heterocycles. The molecular formula is C24H41N5O. The van der Waals surface area contributed by atoms with Crippen LogP contribution in [0.3, 0.4) is 0 Å². The number of hydrogen-bond acceptors (Lipinski definition) is 4. The molecule has 0 atom stereocenters. The van der Waals surface area contributed by atoms with Gasteiger partial charge in [0.15, 0.2) is 5.96 Å².